The predicted molar refractivity (Wildman–Crippen MR) is 224 cm³/mol. The molecule has 1 saturated heterocycles. The number of carbonyl (C=O) groups is 7. The van der Waals surface area contributed by atoms with Crippen molar-refractivity contribution in [2.24, 2.45) is 11.3 Å². The number of alkyl halides is 2. The molecule has 1 aromatic rings. The third kappa shape index (κ3) is 25.0. The summed E-state index contributed by atoms with van der Waals surface area (Å²) in [4.78, 5) is 83.0. The molecule has 16 heteroatoms. The zero-order valence-electron chi connectivity index (χ0n) is 37.7. The SMILES string of the molecule is CC.CC.CC(C)(C)OC(=O)NC(C=O)C(C)(C)C.CCC(CC(NC(=O)C1CCCN1C)C(C)=O)C(F)F.CN(C)C(=O)C(NC(=O)CNC=O)c1ccccc1. The molecule has 5 atom stereocenters. The molecule has 58 heavy (non-hydrogen) atoms. The Morgan fingerprint density at radius 2 is 1.48 bits per heavy atom. The van der Waals surface area contributed by atoms with Crippen LogP contribution in [0.3, 0.4) is 0 Å². The molecule has 0 saturated carbocycles. The van der Waals surface area contributed by atoms with E-state index in [0.717, 1.165) is 25.7 Å². The number of hydrogen-bond acceptors (Lipinski definition) is 9. The van der Waals surface area contributed by atoms with Gasteiger partial charge in [-0.05, 0) is 77.9 Å². The first kappa shape index (κ1) is 57.9. The quantitative estimate of drug-likeness (QED) is 0.161. The second-order valence-electron chi connectivity index (χ2n) is 15.3. The average molecular weight is 829 g/mol. The number of amides is 5. The number of ketones is 1. The fraction of sp³-hybridized carbons (Fsp3) is 0.690. The van der Waals surface area contributed by atoms with Gasteiger partial charge in [-0.15, -0.1) is 0 Å². The van der Waals surface area contributed by atoms with Gasteiger partial charge in [0.05, 0.1) is 24.7 Å². The summed E-state index contributed by atoms with van der Waals surface area (Å²) in [5.74, 6) is -2.00. The molecule has 0 radical (unpaired) electrons. The molecule has 0 bridgehead atoms. The van der Waals surface area contributed by atoms with Crippen LogP contribution in [0.25, 0.3) is 0 Å². The van der Waals surface area contributed by atoms with Gasteiger partial charge in [0.1, 0.15) is 17.9 Å². The smallest absolute Gasteiger partial charge is 0.408 e. The van der Waals surface area contributed by atoms with Gasteiger partial charge in [0.15, 0.2) is 5.78 Å². The lowest BCUT2D eigenvalue weighted by Crippen LogP contribution is -2.49. The van der Waals surface area contributed by atoms with Crippen LogP contribution in [0.2, 0.25) is 0 Å². The third-order valence-electron chi connectivity index (χ3n) is 8.26. The highest BCUT2D eigenvalue weighted by Crippen LogP contribution is 2.22. The normalized spacial score (nSPS) is 15.4. The minimum atomic E-state index is -2.46. The van der Waals surface area contributed by atoms with Crippen LogP contribution in [0.5, 0.6) is 0 Å². The summed E-state index contributed by atoms with van der Waals surface area (Å²) in [7, 11) is 5.09. The zero-order valence-corrected chi connectivity index (χ0v) is 37.7. The number of benzene rings is 1. The van der Waals surface area contributed by atoms with Crippen LogP contribution in [0.4, 0.5) is 13.6 Å². The molecule has 334 valence electrons. The highest BCUT2D eigenvalue weighted by molar-refractivity contribution is 5.90. The van der Waals surface area contributed by atoms with Gasteiger partial charge in [0.25, 0.3) is 0 Å². The second-order valence-corrected chi connectivity index (χ2v) is 15.3. The number of likely N-dealkylation sites (N-methyl/N-ethyl adjacent to an activating group) is 2. The maximum Gasteiger partial charge on any atom is 0.408 e. The molecule has 2 rings (SSSR count). The number of aldehydes is 1. The van der Waals surface area contributed by atoms with Gasteiger partial charge in [-0.1, -0.05) is 85.7 Å². The van der Waals surface area contributed by atoms with Gasteiger partial charge in [0.2, 0.25) is 30.6 Å². The molecule has 0 spiro atoms. The van der Waals surface area contributed by atoms with Gasteiger partial charge in [-0.3, -0.25) is 28.9 Å². The number of ether oxygens (including phenoxy) is 1. The van der Waals surface area contributed by atoms with Crippen molar-refractivity contribution < 1.29 is 47.1 Å². The molecule has 1 aliphatic heterocycles. The molecular weight excluding hydrogens is 754 g/mol. The van der Waals surface area contributed by atoms with Crippen LogP contribution in [0, 0.1) is 11.3 Å². The van der Waals surface area contributed by atoms with Crippen LogP contribution in [-0.2, 0) is 33.5 Å². The summed E-state index contributed by atoms with van der Waals surface area (Å²) < 4.78 is 30.6. The van der Waals surface area contributed by atoms with Crippen LogP contribution < -0.4 is 21.3 Å². The van der Waals surface area contributed by atoms with Crippen molar-refractivity contribution >= 4 is 42.3 Å². The van der Waals surface area contributed by atoms with Gasteiger partial charge >= 0.3 is 6.09 Å². The first-order valence-electron chi connectivity index (χ1n) is 19.9. The Hall–Kier alpha value is -4.47. The van der Waals surface area contributed by atoms with E-state index >= 15 is 0 Å². The molecule has 0 aliphatic carbocycles. The Labute approximate surface area is 346 Å². The van der Waals surface area contributed by atoms with Crippen molar-refractivity contribution in [2.75, 3.05) is 34.2 Å². The van der Waals surface area contributed by atoms with Crippen LogP contribution in [0.1, 0.15) is 120 Å². The molecule has 1 aromatic carbocycles. The van der Waals surface area contributed by atoms with Crippen molar-refractivity contribution in [3.63, 3.8) is 0 Å². The maximum absolute atomic E-state index is 12.8. The average Bonchev–Trinajstić information content (AvgIpc) is 3.60. The number of nitrogens with one attached hydrogen (secondary N) is 4. The van der Waals surface area contributed by atoms with Crippen molar-refractivity contribution in [1.29, 1.82) is 0 Å². The summed E-state index contributed by atoms with van der Waals surface area (Å²) in [6.45, 7) is 22.7. The van der Waals surface area contributed by atoms with Gasteiger partial charge in [-0.2, -0.15) is 0 Å². The summed E-state index contributed by atoms with van der Waals surface area (Å²) in [5, 5.41) is 10.0. The van der Waals surface area contributed by atoms with Crippen LogP contribution >= 0.6 is 0 Å². The molecule has 14 nitrogen and oxygen atoms in total. The van der Waals surface area contributed by atoms with Crippen LogP contribution in [-0.4, -0.2) is 116 Å². The standard InChI is InChI=1S/C14H24F2N2O2.C13H17N3O3.C11H21NO3.2C2H6/c1-4-10(13(15)16)8-11(9(2)19)17-14(20)12-6-5-7-18(12)3;1-16(2)13(19)12(10-6-4-3-5-7-10)15-11(18)8-14-9-17;1-10(2,3)8(7-13)12-9(14)15-11(4,5)6;2*1-2/h10-13H,4-8H2,1-3H3,(H,17,20);3-7,9,12H,8H2,1-2H3,(H,14,17)(H,15,18);7-8H,1-6H3,(H,12,14);2*1-2H3. The van der Waals surface area contributed by atoms with Crippen molar-refractivity contribution in [1.82, 2.24) is 31.1 Å². The first-order chi connectivity index (χ1) is 27.0. The van der Waals surface area contributed by atoms with Gasteiger partial charge in [0, 0.05) is 20.0 Å². The first-order valence-corrected chi connectivity index (χ1v) is 19.9. The highest BCUT2D eigenvalue weighted by atomic mass is 19.3. The number of likely N-dealkylation sites (tertiary alicyclic amines) is 1. The van der Waals surface area contributed by atoms with E-state index in [9.17, 15) is 42.3 Å². The second kappa shape index (κ2) is 30.6. The number of Topliss-reactive ketones (excluding diaryl/α,β-unsaturated/α-hetero) is 1. The predicted octanol–water partition coefficient (Wildman–Crippen LogP) is 5.69. The lowest BCUT2D eigenvalue weighted by molar-refractivity contribution is -0.134. The highest BCUT2D eigenvalue weighted by Gasteiger charge is 2.32. The van der Waals surface area contributed by atoms with E-state index in [0.29, 0.717) is 18.4 Å². The fourth-order valence-electron chi connectivity index (χ4n) is 5.01. The number of nitrogens with zero attached hydrogens (tertiary/aromatic N) is 2. The lowest BCUT2D eigenvalue weighted by atomic mass is 9.88. The van der Waals surface area contributed by atoms with E-state index < -0.39 is 48.1 Å². The van der Waals surface area contributed by atoms with E-state index in [2.05, 4.69) is 21.3 Å². The third-order valence-corrected chi connectivity index (χ3v) is 8.26. The van der Waals surface area contributed by atoms with E-state index in [1.54, 1.807) is 66.1 Å². The minimum absolute atomic E-state index is 0.00563. The Morgan fingerprint density at radius 3 is 1.86 bits per heavy atom. The largest absolute Gasteiger partial charge is 0.444 e. The molecular formula is C42H74F2N6O8. The fourth-order valence-corrected chi connectivity index (χ4v) is 5.01. The maximum atomic E-state index is 12.8. The Kier molecular flexibility index (Phi) is 30.5. The van der Waals surface area contributed by atoms with Gasteiger partial charge < -0.3 is 35.7 Å². The number of halogens is 2. The summed E-state index contributed by atoms with van der Waals surface area (Å²) >= 11 is 0. The number of rotatable bonds is 15. The molecule has 5 amide bonds. The molecule has 5 unspecified atom stereocenters. The van der Waals surface area contributed by atoms with Crippen molar-refractivity contribution in [3.05, 3.63) is 35.9 Å². The summed E-state index contributed by atoms with van der Waals surface area (Å²) in [6, 6.07) is 6.60. The minimum Gasteiger partial charge on any atom is -0.444 e. The topological polar surface area (TPSA) is 183 Å². The van der Waals surface area contributed by atoms with Crippen LogP contribution in [0.15, 0.2) is 30.3 Å². The Morgan fingerprint density at radius 1 is 0.931 bits per heavy atom. The van der Waals surface area contributed by atoms with E-state index in [-0.39, 0.29) is 42.0 Å². The monoisotopic (exact) mass is 829 g/mol. The Balaban J connectivity index is -0.000000756. The lowest BCUT2D eigenvalue weighted by Gasteiger charge is -2.28. The number of alkyl carbamates (subject to hydrolysis) is 1. The van der Waals surface area contributed by atoms with Crippen molar-refractivity contribution in [3.8, 4) is 0 Å². The van der Waals surface area contributed by atoms with Gasteiger partial charge in [-0.25, -0.2) is 13.6 Å². The molecule has 1 fully saturated rings. The number of carbonyl (C=O) groups excluding carboxylic acids is 7. The van der Waals surface area contributed by atoms with E-state index in [4.69, 9.17) is 4.74 Å². The molecule has 0 aromatic heterocycles. The summed E-state index contributed by atoms with van der Waals surface area (Å²) in [6.07, 6.45) is 0.121. The van der Waals surface area contributed by atoms with E-state index in [1.165, 1.54) is 11.8 Å². The molecule has 4 N–H and O–H groups in total. The molecule has 1 aliphatic rings. The summed E-state index contributed by atoms with van der Waals surface area (Å²) in [5.41, 5.74) is -0.158. The van der Waals surface area contributed by atoms with Crippen molar-refractivity contribution in [2.45, 2.75) is 145 Å². The zero-order chi connectivity index (χ0) is 45.8. The number of hydrogen-bond donors (Lipinski definition) is 4. The Bertz CT molecular complexity index is 1350. The van der Waals surface area contributed by atoms with E-state index in [1.807, 2.05) is 66.5 Å². The molecule has 1 heterocycles.